The largest absolute Gasteiger partial charge is 1.00 e. The molecule has 92 valence electrons. The molecule has 5 nitrogen and oxygen atoms in total. The summed E-state index contributed by atoms with van der Waals surface area (Å²) in [6.45, 7) is 2.15. The van der Waals surface area contributed by atoms with E-state index in [1.165, 1.54) is 11.3 Å². The van der Waals surface area contributed by atoms with E-state index in [-0.39, 0.29) is 43.4 Å². The number of carbonyl (C=O) groups is 1. The molecule has 0 aromatic carbocycles. The minimum atomic E-state index is -0.282. The van der Waals surface area contributed by atoms with Crippen molar-refractivity contribution in [3.05, 3.63) is 28.5 Å². The van der Waals surface area contributed by atoms with E-state index in [0.717, 1.165) is 0 Å². The first-order chi connectivity index (χ1) is 8.19. The van der Waals surface area contributed by atoms with Crippen LogP contribution < -0.4 is 29.6 Å². The molecule has 2 aromatic heterocycles. The van der Waals surface area contributed by atoms with Gasteiger partial charge in [-0.15, -0.1) is 0 Å². The maximum Gasteiger partial charge on any atom is 1.00 e. The summed E-state index contributed by atoms with van der Waals surface area (Å²) >= 11 is 7.11. The SMILES string of the molecule is CCOC(=O)Cc1ccn(-c2ncc(Cl)s2)n1.[H-].[Na+]. The average Bonchev–Trinajstić information content (AvgIpc) is 2.87. The Morgan fingerprint density at radius 3 is 3.06 bits per heavy atom. The topological polar surface area (TPSA) is 57.0 Å². The zero-order chi connectivity index (χ0) is 12.3. The van der Waals surface area contributed by atoms with E-state index in [1.807, 2.05) is 0 Å². The predicted molar refractivity (Wildman–Crippen MR) is 65.7 cm³/mol. The van der Waals surface area contributed by atoms with E-state index in [1.54, 1.807) is 30.1 Å². The molecule has 0 aliphatic heterocycles. The van der Waals surface area contributed by atoms with Crippen LogP contribution in [0.25, 0.3) is 5.13 Å². The summed E-state index contributed by atoms with van der Waals surface area (Å²) in [6, 6.07) is 1.76. The summed E-state index contributed by atoms with van der Waals surface area (Å²) in [7, 11) is 0. The van der Waals surface area contributed by atoms with E-state index in [9.17, 15) is 4.79 Å². The summed E-state index contributed by atoms with van der Waals surface area (Å²) in [4.78, 5) is 15.3. The normalized spacial score (nSPS) is 9.89. The fraction of sp³-hybridized carbons (Fsp3) is 0.300. The Bertz CT molecular complexity index is 534. The maximum absolute atomic E-state index is 11.3. The van der Waals surface area contributed by atoms with Gasteiger partial charge in [0.15, 0.2) is 0 Å². The summed E-state index contributed by atoms with van der Waals surface area (Å²) in [5.74, 6) is -0.282. The molecule has 0 saturated heterocycles. The standard InChI is InChI=1S/C10H10ClN3O2S.Na.H/c1-2-16-9(15)5-7-3-4-14(13-7)10-12-6-8(11)17-10;;/h3-4,6H,2,5H2,1H3;;/q;+1;-1. The number of aromatic nitrogens is 3. The van der Waals surface area contributed by atoms with Crippen LogP contribution in [0.1, 0.15) is 14.0 Å². The smallest absolute Gasteiger partial charge is 1.00 e. The number of halogens is 1. The Hall–Kier alpha value is -0.400. The zero-order valence-corrected chi connectivity index (χ0v) is 13.7. The molecule has 0 amide bonds. The predicted octanol–water partition coefficient (Wildman–Crippen LogP) is -0.796. The fourth-order valence-electron chi connectivity index (χ4n) is 1.27. The molecule has 0 fully saturated rings. The molecule has 0 atom stereocenters. The molecule has 18 heavy (non-hydrogen) atoms. The average molecular weight is 296 g/mol. The van der Waals surface area contributed by atoms with Gasteiger partial charge in [-0.05, 0) is 13.0 Å². The third-order valence-corrected chi connectivity index (χ3v) is 3.04. The van der Waals surface area contributed by atoms with Crippen molar-refractivity contribution in [1.29, 1.82) is 0 Å². The van der Waals surface area contributed by atoms with Gasteiger partial charge in [0.1, 0.15) is 4.34 Å². The van der Waals surface area contributed by atoms with E-state index >= 15 is 0 Å². The van der Waals surface area contributed by atoms with Crippen LogP contribution in [-0.2, 0) is 16.0 Å². The van der Waals surface area contributed by atoms with Gasteiger partial charge < -0.3 is 6.16 Å². The van der Waals surface area contributed by atoms with E-state index < -0.39 is 0 Å². The summed E-state index contributed by atoms with van der Waals surface area (Å²) in [5.41, 5.74) is 0.648. The van der Waals surface area contributed by atoms with Crippen molar-refractivity contribution in [2.24, 2.45) is 0 Å². The quantitative estimate of drug-likeness (QED) is 0.548. The summed E-state index contributed by atoms with van der Waals surface area (Å²) in [5, 5.41) is 4.89. The molecule has 0 radical (unpaired) electrons. The van der Waals surface area contributed by atoms with Gasteiger partial charge in [0, 0.05) is 6.20 Å². The molecule has 2 heterocycles. The molecule has 2 aromatic rings. The third-order valence-electron chi connectivity index (χ3n) is 1.94. The van der Waals surface area contributed by atoms with Crippen LogP contribution in [-0.4, -0.2) is 27.3 Å². The maximum atomic E-state index is 11.3. The first-order valence-corrected chi connectivity index (χ1v) is 6.20. The van der Waals surface area contributed by atoms with Gasteiger partial charge >= 0.3 is 35.5 Å². The van der Waals surface area contributed by atoms with Crippen LogP contribution in [0.5, 0.6) is 0 Å². The number of hydrogen-bond acceptors (Lipinski definition) is 5. The molecule has 2 rings (SSSR count). The summed E-state index contributed by atoms with van der Waals surface area (Å²) < 4.78 is 7.03. The van der Waals surface area contributed by atoms with Gasteiger partial charge in [0.05, 0.1) is 24.9 Å². The second kappa shape index (κ2) is 7.25. The van der Waals surface area contributed by atoms with Crippen molar-refractivity contribution in [2.45, 2.75) is 13.3 Å². The van der Waals surface area contributed by atoms with Crippen molar-refractivity contribution in [3.8, 4) is 5.13 Å². The Morgan fingerprint density at radius 1 is 1.67 bits per heavy atom. The summed E-state index contributed by atoms with van der Waals surface area (Å²) in [6.07, 6.45) is 3.47. The van der Waals surface area contributed by atoms with Gasteiger partial charge in [-0.1, -0.05) is 22.9 Å². The Kier molecular flexibility index (Phi) is 6.31. The van der Waals surface area contributed by atoms with Gasteiger partial charge in [0.2, 0.25) is 5.13 Å². The fourth-order valence-corrected chi connectivity index (χ4v) is 2.11. The molecule has 0 aliphatic rings. The second-order valence-corrected chi connectivity index (χ2v) is 4.82. The van der Waals surface area contributed by atoms with Crippen molar-refractivity contribution < 1.29 is 40.5 Å². The van der Waals surface area contributed by atoms with Crippen molar-refractivity contribution in [1.82, 2.24) is 14.8 Å². The molecule has 0 unspecified atom stereocenters. The minimum absolute atomic E-state index is 0. The van der Waals surface area contributed by atoms with Gasteiger partial charge in [0.25, 0.3) is 0 Å². The number of carbonyl (C=O) groups excluding carboxylic acids is 1. The van der Waals surface area contributed by atoms with Crippen molar-refractivity contribution >= 4 is 28.9 Å². The van der Waals surface area contributed by atoms with Gasteiger partial charge in [-0.2, -0.15) is 5.10 Å². The Balaban J connectivity index is 0.00000162. The van der Waals surface area contributed by atoms with Crippen molar-refractivity contribution in [2.75, 3.05) is 6.61 Å². The molecular weight excluding hydrogens is 285 g/mol. The van der Waals surface area contributed by atoms with Crippen LogP contribution in [0.2, 0.25) is 4.34 Å². The first kappa shape index (κ1) is 15.7. The number of rotatable bonds is 4. The molecular formula is C10H11ClN3NaO2S. The Labute approximate surface area is 137 Å². The molecule has 8 heteroatoms. The monoisotopic (exact) mass is 295 g/mol. The second-order valence-electron chi connectivity index (χ2n) is 3.18. The third kappa shape index (κ3) is 4.07. The number of hydrogen-bond donors (Lipinski definition) is 0. The molecule has 0 bridgehead atoms. The van der Waals surface area contributed by atoms with Gasteiger partial charge in [-0.3, -0.25) is 4.79 Å². The first-order valence-electron chi connectivity index (χ1n) is 5.01. The molecule has 0 aliphatic carbocycles. The number of ether oxygens (including phenoxy) is 1. The van der Waals surface area contributed by atoms with Crippen LogP contribution >= 0.6 is 22.9 Å². The van der Waals surface area contributed by atoms with Gasteiger partial charge in [-0.25, -0.2) is 9.67 Å². The number of thiazole rings is 1. The van der Waals surface area contributed by atoms with E-state index in [2.05, 4.69) is 10.1 Å². The van der Waals surface area contributed by atoms with Crippen molar-refractivity contribution in [3.63, 3.8) is 0 Å². The van der Waals surface area contributed by atoms with Crippen LogP contribution in [0, 0.1) is 0 Å². The number of nitrogens with zero attached hydrogens (tertiary/aromatic N) is 3. The Morgan fingerprint density at radius 2 is 2.44 bits per heavy atom. The molecule has 0 N–H and O–H groups in total. The molecule has 0 spiro atoms. The molecule has 0 saturated carbocycles. The minimum Gasteiger partial charge on any atom is -1.00 e. The number of esters is 1. The van der Waals surface area contributed by atoms with Crippen LogP contribution in [0.3, 0.4) is 0 Å². The zero-order valence-electron chi connectivity index (χ0n) is 11.1. The van der Waals surface area contributed by atoms with E-state index in [0.29, 0.717) is 21.8 Å². The van der Waals surface area contributed by atoms with Crippen LogP contribution in [0.15, 0.2) is 18.5 Å². The van der Waals surface area contributed by atoms with E-state index in [4.69, 9.17) is 16.3 Å². The van der Waals surface area contributed by atoms with Crippen LogP contribution in [0.4, 0.5) is 0 Å².